The van der Waals surface area contributed by atoms with Crippen molar-refractivity contribution in [2.45, 2.75) is 38.9 Å². The van der Waals surface area contributed by atoms with Crippen LogP contribution < -0.4 is 5.32 Å². The molecule has 6 heteroatoms. The molecule has 1 N–H and O–H groups in total. The van der Waals surface area contributed by atoms with Crippen LogP contribution in [0.5, 0.6) is 0 Å². The number of hydrogen-bond donors (Lipinski definition) is 1. The van der Waals surface area contributed by atoms with Crippen LogP contribution in [0.25, 0.3) is 0 Å². The van der Waals surface area contributed by atoms with Crippen molar-refractivity contribution in [3.8, 4) is 0 Å². The third-order valence-electron chi connectivity index (χ3n) is 3.44. The van der Waals surface area contributed by atoms with Crippen LogP contribution in [0.3, 0.4) is 0 Å². The van der Waals surface area contributed by atoms with Crippen LogP contribution in [0.15, 0.2) is 0 Å². The molecule has 18 heavy (non-hydrogen) atoms. The molecule has 0 aliphatic carbocycles. The summed E-state index contributed by atoms with van der Waals surface area (Å²) in [6, 6.07) is 0.375. The standard InChI is InChI=1S/C12H21N3O2S/c1-8-4-14(5-9(2)13-8)12(17)11-6-18-7-15(11)10(3)16/h8-9,11,13H,4-7H2,1-3H3/t8-,9+,11-/m1/s1. The van der Waals surface area contributed by atoms with E-state index in [1.54, 1.807) is 16.7 Å². The van der Waals surface area contributed by atoms with Gasteiger partial charge in [-0.15, -0.1) is 11.8 Å². The molecule has 2 saturated heterocycles. The zero-order chi connectivity index (χ0) is 13.3. The average molecular weight is 271 g/mol. The Labute approximate surface area is 112 Å². The molecule has 2 amide bonds. The molecule has 0 unspecified atom stereocenters. The number of nitrogens with one attached hydrogen (secondary N) is 1. The predicted octanol–water partition coefficient (Wildman–Crippen LogP) is 0.117. The summed E-state index contributed by atoms with van der Waals surface area (Å²) in [5.74, 6) is 1.47. The zero-order valence-corrected chi connectivity index (χ0v) is 12.0. The molecule has 2 fully saturated rings. The monoisotopic (exact) mass is 271 g/mol. The Balaban J connectivity index is 2.04. The molecule has 0 radical (unpaired) electrons. The van der Waals surface area contributed by atoms with Crippen LogP contribution in [0, 0.1) is 0 Å². The van der Waals surface area contributed by atoms with E-state index >= 15 is 0 Å². The number of amides is 2. The van der Waals surface area contributed by atoms with Crippen molar-refractivity contribution in [1.82, 2.24) is 15.1 Å². The van der Waals surface area contributed by atoms with Crippen LogP contribution in [0.4, 0.5) is 0 Å². The predicted molar refractivity (Wildman–Crippen MR) is 72.3 cm³/mol. The molecular weight excluding hydrogens is 250 g/mol. The summed E-state index contributed by atoms with van der Waals surface area (Å²) in [5, 5.41) is 3.41. The van der Waals surface area contributed by atoms with E-state index in [2.05, 4.69) is 19.2 Å². The first-order chi connectivity index (χ1) is 8.49. The SMILES string of the molecule is CC(=O)N1CSC[C@@H]1C(=O)N1C[C@@H](C)N[C@@H](C)C1. The van der Waals surface area contributed by atoms with Crippen molar-refractivity contribution in [2.24, 2.45) is 0 Å². The Morgan fingerprint density at radius 1 is 1.22 bits per heavy atom. The van der Waals surface area contributed by atoms with Gasteiger partial charge in [0.2, 0.25) is 11.8 Å². The maximum atomic E-state index is 12.5. The van der Waals surface area contributed by atoms with Gasteiger partial charge >= 0.3 is 0 Å². The van der Waals surface area contributed by atoms with E-state index in [4.69, 9.17) is 0 Å². The molecule has 2 rings (SSSR count). The van der Waals surface area contributed by atoms with Gasteiger partial charge in [0.15, 0.2) is 0 Å². The van der Waals surface area contributed by atoms with Gasteiger partial charge in [-0.1, -0.05) is 0 Å². The topological polar surface area (TPSA) is 52.7 Å². The van der Waals surface area contributed by atoms with E-state index in [0.717, 1.165) is 18.8 Å². The van der Waals surface area contributed by atoms with Gasteiger partial charge in [0, 0.05) is 37.8 Å². The number of nitrogens with zero attached hydrogens (tertiary/aromatic N) is 2. The lowest BCUT2D eigenvalue weighted by Gasteiger charge is -2.38. The Kier molecular flexibility index (Phi) is 4.17. The van der Waals surface area contributed by atoms with Gasteiger partial charge in [-0.3, -0.25) is 9.59 Å². The van der Waals surface area contributed by atoms with E-state index < -0.39 is 0 Å². The maximum Gasteiger partial charge on any atom is 0.246 e. The lowest BCUT2D eigenvalue weighted by molar-refractivity contribution is -0.143. The number of rotatable bonds is 1. The normalized spacial score (nSPS) is 32.7. The summed E-state index contributed by atoms with van der Waals surface area (Å²) in [7, 11) is 0. The van der Waals surface area contributed by atoms with E-state index in [1.807, 2.05) is 4.90 Å². The summed E-state index contributed by atoms with van der Waals surface area (Å²) in [5.41, 5.74) is 0. The first-order valence-corrected chi connectivity index (χ1v) is 7.54. The van der Waals surface area contributed by atoms with Crippen molar-refractivity contribution >= 4 is 23.6 Å². The van der Waals surface area contributed by atoms with Crippen LogP contribution in [0.1, 0.15) is 20.8 Å². The van der Waals surface area contributed by atoms with Gasteiger partial charge in [0.05, 0.1) is 5.88 Å². The van der Waals surface area contributed by atoms with E-state index in [0.29, 0.717) is 18.0 Å². The maximum absolute atomic E-state index is 12.5. The van der Waals surface area contributed by atoms with Crippen molar-refractivity contribution in [2.75, 3.05) is 24.7 Å². The number of carbonyl (C=O) groups is 2. The minimum atomic E-state index is -0.259. The van der Waals surface area contributed by atoms with Crippen LogP contribution in [-0.4, -0.2) is 64.5 Å². The van der Waals surface area contributed by atoms with Gasteiger partial charge in [-0.05, 0) is 13.8 Å². The average Bonchev–Trinajstić information content (AvgIpc) is 2.75. The fourth-order valence-electron chi connectivity index (χ4n) is 2.68. The largest absolute Gasteiger partial charge is 0.338 e. The van der Waals surface area contributed by atoms with Gasteiger partial charge in [0.1, 0.15) is 6.04 Å². The first-order valence-electron chi connectivity index (χ1n) is 6.39. The summed E-state index contributed by atoms with van der Waals surface area (Å²) >= 11 is 1.65. The molecule has 0 spiro atoms. The van der Waals surface area contributed by atoms with Crippen LogP contribution in [0.2, 0.25) is 0 Å². The first kappa shape index (κ1) is 13.7. The molecule has 0 aromatic carbocycles. The van der Waals surface area contributed by atoms with Crippen molar-refractivity contribution in [3.63, 3.8) is 0 Å². The van der Waals surface area contributed by atoms with Gasteiger partial charge in [-0.25, -0.2) is 0 Å². The fraction of sp³-hybridized carbons (Fsp3) is 0.833. The highest BCUT2D eigenvalue weighted by Crippen LogP contribution is 2.23. The number of hydrogen-bond acceptors (Lipinski definition) is 4. The third kappa shape index (κ3) is 2.80. The van der Waals surface area contributed by atoms with Crippen molar-refractivity contribution in [1.29, 1.82) is 0 Å². The quantitative estimate of drug-likeness (QED) is 0.736. The molecule has 5 nitrogen and oxygen atoms in total. The Hall–Kier alpha value is -0.750. The Bertz CT molecular complexity index is 340. The van der Waals surface area contributed by atoms with Gasteiger partial charge in [0.25, 0.3) is 0 Å². The van der Waals surface area contributed by atoms with Crippen molar-refractivity contribution in [3.05, 3.63) is 0 Å². The second-order valence-electron chi connectivity index (χ2n) is 5.22. The van der Waals surface area contributed by atoms with Crippen molar-refractivity contribution < 1.29 is 9.59 Å². The Morgan fingerprint density at radius 2 is 1.83 bits per heavy atom. The molecule has 2 aliphatic rings. The zero-order valence-electron chi connectivity index (χ0n) is 11.2. The Morgan fingerprint density at radius 3 is 2.39 bits per heavy atom. The van der Waals surface area contributed by atoms with Gasteiger partial charge < -0.3 is 15.1 Å². The minimum Gasteiger partial charge on any atom is -0.338 e. The van der Waals surface area contributed by atoms with E-state index in [9.17, 15) is 9.59 Å². The molecule has 102 valence electrons. The minimum absolute atomic E-state index is 0.00502. The highest BCUT2D eigenvalue weighted by atomic mass is 32.2. The van der Waals surface area contributed by atoms with Crippen LogP contribution >= 0.6 is 11.8 Å². The summed E-state index contributed by atoms with van der Waals surface area (Å²) in [6.45, 7) is 7.17. The highest BCUT2D eigenvalue weighted by molar-refractivity contribution is 7.99. The molecule has 3 atom stereocenters. The highest BCUT2D eigenvalue weighted by Gasteiger charge is 2.37. The molecule has 0 saturated carbocycles. The molecule has 0 bridgehead atoms. The van der Waals surface area contributed by atoms with Gasteiger partial charge in [-0.2, -0.15) is 0 Å². The number of thioether (sulfide) groups is 1. The summed E-state index contributed by atoms with van der Waals surface area (Å²) in [6.07, 6.45) is 0. The lowest BCUT2D eigenvalue weighted by atomic mass is 10.1. The molecule has 0 aromatic heterocycles. The number of carbonyl (C=O) groups excluding carboxylic acids is 2. The van der Waals surface area contributed by atoms with E-state index in [-0.39, 0.29) is 17.9 Å². The molecule has 2 aliphatic heterocycles. The molecule has 0 aromatic rings. The van der Waals surface area contributed by atoms with E-state index in [1.165, 1.54) is 6.92 Å². The fourth-order valence-corrected chi connectivity index (χ4v) is 3.88. The van der Waals surface area contributed by atoms with Crippen LogP contribution in [-0.2, 0) is 9.59 Å². The lowest BCUT2D eigenvalue weighted by Crippen LogP contribution is -2.59. The second-order valence-corrected chi connectivity index (χ2v) is 6.22. The summed E-state index contributed by atoms with van der Waals surface area (Å²) < 4.78 is 0. The third-order valence-corrected chi connectivity index (χ3v) is 4.45. The second kappa shape index (κ2) is 5.48. The molecular formula is C12H21N3O2S. The molecule has 2 heterocycles. The number of piperazine rings is 1. The smallest absolute Gasteiger partial charge is 0.246 e. The summed E-state index contributed by atoms with van der Waals surface area (Å²) in [4.78, 5) is 27.6.